The molecule has 3 aliphatic rings. The zero-order valence-corrected chi connectivity index (χ0v) is 30.1. The number of amides is 5. The van der Waals surface area contributed by atoms with E-state index >= 15 is 0 Å². The van der Waals surface area contributed by atoms with Gasteiger partial charge in [-0.3, -0.25) is 24.0 Å². The van der Waals surface area contributed by atoms with Crippen molar-refractivity contribution in [2.75, 3.05) is 19.7 Å². The first kappa shape index (κ1) is 40.0. The Morgan fingerprint density at radius 1 is 0.942 bits per heavy atom. The normalized spacial score (nSPS) is 20.6. The van der Waals surface area contributed by atoms with E-state index in [4.69, 9.17) is 4.74 Å². The first-order chi connectivity index (χ1) is 24.9. The molecule has 5 atom stereocenters. The third kappa shape index (κ3) is 11.4. The predicted octanol–water partition coefficient (Wildman–Crippen LogP) is 3.02. The number of ketones is 1. The minimum absolute atomic E-state index is 0.107. The van der Waals surface area contributed by atoms with Crippen LogP contribution in [-0.4, -0.2) is 89.3 Å². The summed E-state index contributed by atoms with van der Waals surface area (Å²) in [5.74, 6) is -5.33. The fourth-order valence-corrected chi connectivity index (χ4v) is 7.08. The van der Waals surface area contributed by atoms with Crippen molar-refractivity contribution in [3.05, 3.63) is 48.6 Å². The lowest BCUT2D eigenvalue weighted by Crippen LogP contribution is -2.59. The van der Waals surface area contributed by atoms with Crippen molar-refractivity contribution in [1.82, 2.24) is 26.2 Å². The molecule has 1 heterocycles. The van der Waals surface area contributed by atoms with Gasteiger partial charge in [-0.2, -0.15) is 0 Å². The Kier molecular flexibility index (Phi) is 14.8. The number of aliphatic carboxylic acids is 1. The molecule has 1 aromatic rings. The van der Waals surface area contributed by atoms with E-state index in [0.717, 1.165) is 44.9 Å². The van der Waals surface area contributed by atoms with E-state index in [1.165, 1.54) is 4.90 Å². The molecule has 0 radical (unpaired) electrons. The summed E-state index contributed by atoms with van der Waals surface area (Å²) in [7, 11) is 0. The quantitative estimate of drug-likeness (QED) is 0.112. The second-order valence-electron chi connectivity index (χ2n) is 14.6. The van der Waals surface area contributed by atoms with E-state index in [0.29, 0.717) is 18.4 Å². The van der Waals surface area contributed by atoms with E-state index in [1.54, 1.807) is 36.4 Å². The maximum atomic E-state index is 14.3. The molecule has 14 heteroatoms. The molecule has 5 amide bonds. The second kappa shape index (κ2) is 19.2. The monoisotopic (exact) mass is 723 g/mol. The van der Waals surface area contributed by atoms with Crippen molar-refractivity contribution in [2.24, 2.45) is 23.7 Å². The summed E-state index contributed by atoms with van der Waals surface area (Å²) in [6, 6.07) is 3.61. The number of hydrogen-bond donors (Lipinski definition) is 5. The number of ether oxygens (including phenoxy) is 1. The Morgan fingerprint density at radius 3 is 2.25 bits per heavy atom. The average molecular weight is 724 g/mol. The zero-order valence-electron chi connectivity index (χ0n) is 30.1. The van der Waals surface area contributed by atoms with E-state index < -0.39 is 66.3 Å². The molecule has 1 aliphatic heterocycles. The summed E-state index contributed by atoms with van der Waals surface area (Å²) in [6.45, 7) is 7.45. The summed E-state index contributed by atoms with van der Waals surface area (Å²) in [5.41, 5.74) is 0.332. The second-order valence-corrected chi connectivity index (χ2v) is 14.6. The van der Waals surface area contributed by atoms with E-state index in [2.05, 4.69) is 27.8 Å². The molecule has 1 saturated heterocycles. The van der Waals surface area contributed by atoms with Crippen LogP contribution in [0.4, 0.5) is 4.79 Å². The Hall–Kier alpha value is -4.75. The molecule has 3 fully saturated rings. The number of likely N-dealkylation sites (tertiary alicyclic amines) is 1. The molecular formula is C38H53N5O9. The summed E-state index contributed by atoms with van der Waals surface area (Å²) >= 11 is 0. The predicted molar refractivity (Wildman–Crippen MR) is 190 cm³/mol. The molecule has 14 nitrogen and oxygen atoms in total. The lowest BCUT2D eigenvalue weighted by atomic mass is 9.83. The van der Waals surface area contributed by atoms with Gasteiger partial charge < -0.3 is 36.0 Å². The van der Waals surface area contributed by atoms with Gasteiger partial charge in [-0.05, 0) is 61.3 Å². The minimum Gasteiger partial charge on any atom is -0.479 e. The van der Waals surface area contributed by atoms with Crippen molar-refractivity contribution in [3.8, 4) is 0 Å². The van der Waals surface area contributed by atoms with E-state index in [9.17, 15) is 38.7 Å². The van der Waals surface area contributed by atoms with Gasteiger partial charge in [0, 0.05) is 6.54 Å². The summed E-state index contributed by atoms with van der Waals surface area (Å²) < 4.78 is 5.36. The molecule has 284 valence electrons. The van der Waals surface area contributed by atoms with Crippen LogP contribution >= 0.6 is 0 Å². The minimum atomic E-state index is -1.36. The number of allylic oxidation sites excluding steroid dienone is 1. The standard InChI is InChI=1S/C38H53N5O9/c1-4-11-27-18-19-43(36(48)30(25-12-7-5-8-13-25)42-38(51)52-22-23(2)3)32(27)34(46)40-28(20-24-16-17-24)33(45)35(47)39-21-29(44)41-31(37(49)50)26-14-9-6-10-15-26/h4,6,9-10,14-15,23-25,27-28,30-32H,1,5,7-8,11-13,16-22H2,2-3H3,(H,39,47)(H,40,46)(H,41,44)(H,42,51)(H,49,50)/t27-,28?,30-,31-,32-/m0/s1. The van der Waals surface area contributed by atoms with Crippen LogP contribution in [0, 0.1) is 23.7 Å². The van der Waals surface area contributed by atoms with Crippen LogP contribution in [-0.2, 0) is 33.5 Å². The largest absolute Gasteiger partial charge is 0.479 e. The number of carbonyl (C=O) groups excluding carboxylic acids is 6. The summed E-state index contributed by atoms with van der Waals surface area (Å²) in [6.07, 6.45) is 8.15. The average Bonchev–Trinajstić information content (AvgIpc) is 3.86. The summed E-state index contributed by atoms with van der Waals surface area (Å²) in [5, 5.41) is 19.8. The number of rotatable bonds is 18. The van der Waals surface area contributed by atoms with Crippen LogP contribution < -0.4 is 21.3 Å². The Labute approximate surface area is 304 Å². The Balaban J connectivity index is 1.45. The molecule has 4 rings (SSSR count). The molecule has 0 spiro atoms. The maximum absolute atomic E-state index is 14.3. The van der Waals surface area contributed by atoms with Crippen LogP contribution in [0.25, 0.3) is 0 Å². The van der Waals surface area contributed by atoms with Gasteiger partial charge in [0.2, 0.25) is 23.5 Å². The van der Waals surface area contributed by atoms with Gasteiger partial charge >= 0.3 is 12.1 Å². The number of alkyl carbamates (subject to hydrolysis) is 1. The molecule has 52 heavy (non-hydrogen) atoms. The SMILES string of the molecule is C=CC[C@H]1CCN(C(=O)[C@@H](NC(=O)OCC(C)C)C2CCCCC2)[C@@H]1C(=O)NC(CC1CC1)C(=O)C(=O)NCC(=O)N[C@H](C(=O)O)c1ccccc1. The van der Waals surface area contributed by atoms with Crippen LogP contribution in [0.2, 0.25) is 0 Å². The summed E-state index contributed by atoms with van der Waals surface area (Å²) in [4.78, 5) is 93.6. The number of carbonyl (C=O) groups is 7. The van der Waals surface area contributed by atoms with Crippen LogP contribution in [0.3, 0.4) is 0 Å². The fraction of sp³-hybridized carbons (Fsp3) is 0.605. The number of hydrogen-bond acceptors (Lipinski definition) is 8. The van der Waals surface area contributed by atoms with Crippen molar-refractivity contribution >= 4 is 41.5 Å². The highest BCUT2D eigenvalue weighted by Gasteiger charge is 2.46. The molecule has 0 aromatic heterocycles. The van der Waals surface area contributed by atoms with Gasteiger partial charge in [0.15, 0.2) is 6.04 Å². The number of carboxylic acid groups (broad SMARTS) is 1. The fourth-order valence-electron chi connectivity index (χ4n) is 7.08. The highest BCUT2D eigenvalue weighted by atomic mass is 16.5. The van der Waals surface area contributed by atoms with Crippen LogP contribution in [0.1, 0.15) is 89.7 Å². The van der Waals surface area contributed by atoms with Crippen molar-refractivity contribution in [3.63, 3.8) is 0 Å². The highest BCUT2D eigenvalue weighted by Crippen LogP contribution is 2.35. The van der Waals surface area contributed by atoms with Gasteiger partial charge in [0.1, 0.15) is 12.1 Å². The van der Waals surface area contributed by atoms with Gasteiger partial charge in [0.05, 0.1) is 19.2 Å². The molecule has 2 aliphatic carbocycles. The lowest BCUT2D eigenvalue weighted by Gasteiger charge is -2.35. The van der Waals surface area contributed by atoms with Gasteiger partial charge in [-0.25, -0.2) is 9.59 Å². The Morgan fingerprint density at radius 2 is 1.63 bits per heavy atom. The van der Waals surface area contributed by atoms with Gasteiger partial charge in [-0.15, -0.1) is 6.58 Å². The van der Waals surface area contributed by atoms with E-state index in [-0.39, 0.29) is 49.2 Å². The van der Waals surface area contributed by atoms with Crippen molar-refractivity contribution in [2.45, 2.75) is 102 Å². The molecule has 5 N–H and O–H groups in total. The number of carboxylic acids is 1. The smallest absolute Gasteiger partial charge is 0.407 e. The lowest BCUT2D eigenvalue weighted by molar-refractivity contribution is -0.144. The molecular weight excluding hydrogens is 670 g/mol. The van der Waals surface area contributed by atoms with Crippen molar-refractivity contribution < 1.29 is 43.4 Å². The van der Waals surface area contributed by atoms with Gasteiger partial charge in [-0.1, -0.05) is 82.4 Å². The zero-order chi connectivity index (χ0) is 37.8. The first-order valence-corrected chi connectivity index (χ1v) is 18.4. The topological polar surface area (TPSA) is 200 Å². The molecule has 2 saturated carbocycles. The van der Waals surface area contributed by atoms with Gasteiger partial charge in [0.25, 0.3) is 5.91 Å². The third-order valence-electron chi connectivity index (χ3n) is 9.97. The van der Waals surface area contributed by atoms with E-state index in [1.807, 2.05) is 13.8 Å². The Bertz CT molecular complexity index is 1460. The third-order valence-corrected chi connectivity index (χ3v) is 9.97. The highest BCUT2D eigenvalue weighted by molar-refractivity contribution is 6.38. The molecule has 1 aromatic carbocycles. The first-order valence-electron chi connectivity index (χ1n) is 18.4. The number of nitrogens with one attached hydrogen (secondary N) is 4. The van der Waals surface area contributed by atoms with Crippen LogP contribution in [0.5, 0.6) is 0 Å². The van der Waals surface area contributed by atoms with Crippen LogP contribution in [0.15, 0.2) is 43.0 Å². The number of Topliss-reactive ketones (excluding diaryl/α,β-unsaturated/α-hetero) is 1. The number of benzene rings is 1. The number of nitrogens with zero attached hydrogens (tertiary/aromatic N) is 1. The van der Waals surface area contributed by atoms with Crippen molar-refractivity contribution in [1.29, 1.82) is 0 Å². The molecule has 1 unspecified atom stereocenters. The molecule has 0 bridgehead atoms. The maximum Gasteiger partial charge on any atom is 0.407 e.